The molecule has 1 heterocycles. The molecule has 0 aliphatic carbocycles. The van der Waals surface area contributed by atoms with E-state index in [0.29, 0.717) is 0 Å². The maximum absolute atomic E-state index is 11.8. The molecule has 3 nitrogen and oxygen atoms in total. The van der Waals surface area contributed by atoms with Crippen LogP contribution in [0.3, 0.4) is 0 Å². The third-order valence-corrected chi connectivity index (χ3v) is 2.94. The molecule has 1 aromatic rings. The van der Waals surface area contributed by atoms with Crippen LogP contribution in [0, 0.1) is 0 Å². The molecule has 86 valence electrons. The summed E-state index contributed by atoms with van der Waals surface area (Å²) in [5, 5.41) is 3.61. The minimum atomic E-state index is -0.0112. The number of rotatable bonds is 2. The number of carbonyl (C=O) groups excluding carboxylic acids is 1. The van der Waals surface area contributed by atoms with E-state index >= 15 is 0 Å². The molecule has 0 saturated heterocycles. The van der Waals surface area contributed by atoms with Crippen molar-refractivity contribution in [3.8, 4) is 0 Å². The molecule has 2 amide bonds. The molecule has 1 N–H and O–H groups in total. The van der Waals surface area contributed by atoms with E-state index in [-0.39, 0.29) is 6.03 Å². The maximum atomic E-state index is 11.8. The molecule has 0 saturated carbocycles. The quantitative estimate of drug-likeness (QED) is 0.844. The van der Waals surface area contributed by atoms with E-state index < -0.39 is 0 Å². The SMILES string of the molecule is CCCNC(=O)N1CCc2cc(Cl)ccc21. The van der Waals surface area contributed by atoms with Crippen molar-refractivity contribution < 1.29 is 4.79 Å². The molecule has 0 radical (unpaired) electrons. The van der Waals surface area contributed by atoms with E-state index in [1.54, 1.807) is 4.90 Å². The van der Waals surface area contributed by atoms with Crippen LogP contribution in [0.25, 0.3) is 0 Å². The van der Waals surface area contributed by atoms with Crippen LogP contribution < -0.4 is 10.2 Å². The molecule has 0 unspecified atom stereocenters. The first-order valence-electron chi connectivity index (χ1n) is 5.56. The van der Waals surface area contributed by atoms with Gasteiger partial charge in [0, 0.05) is 23.8 Å². The predicted octanol–water partition coefficient (Wildman–Crippen LogP) is 2.82. The number of hydrogen-bond donors (Lipinski definition) is 1. The molecule has 0 aromatic heterocycles. The minimum Gasteiger partial charge on any atom is -0.338 e. The second kappa shape index (κ2) is 4.74. The fraction of sp³-hybridized carbons (Fsp3) is 0.417. The number of urea groups is 1. The first kappa shape index (κ1) is 11.3. The Morgan fingerprint density at radius 2 is 2.38 bits per heavy atom. The summed E-state index contributed by atoms with van der Waals surface area (Å²) in [6, 6.07) is 5.66. The van der Waals surface area contributed by atoms with Crippen LogP contribution in [0.2, 0.25) is 5.02 Å². The number of nitrogens with one attached hydrogen (secondary N) is 1. The molecule has 0 spiro atoms. The van der Waals surface area contributed by atoms with Gasteiger partial charge in [-0.1, -0.05) is 18.5 Å². The molecule has 4 heteroatoms. The molecule has 1 aliphatic heterocycles. The Bertz CT molecular complexity index is 406. The van der Waals surface area contributed by atoms with Gasteiger partial charge in [0.1, 0.15) is 0 Å². The monoisotopic (exact) mass is 238 g/mol. The first-order chi connectivity index (χ1) is 7.72. The number of carbonyl (C=O) groups is 1. The Labute approximate surface area is 100 Å². The van der Waals surface area contributed by atoms with E-state index in [1.807, 2.05) is 25.1 Å². The number of nitrogens with zero attached hydrogens (tertiary/aromatic N) is 1. The van der Waals surface area contributed by atoms with E-state index in [4.69, 9.17) is 11.6 Å². The number of anilines is 1. The lowest BCUT2D eigenvalue weighted by Gasteiger charge is -2.17. The maximum Gasteiger partial charge on any atom is 0.321 e. The van der Waals surface area contributed by atoms with Crippen LogP contribution in [0.1, 0.15) is 18.9 Å². The standard InChI is InChI=1S/C12H15ClN2O/c1-2-6-14-12(16)15-7-5-9-8-10(13)3-4-11(9)15/h3-4,8H,2,5-7H2,1H3,(H,14,16). The summed E-state index contributed by atoms with van der Waals surface area (Å²) in [6.45, 7) is 3.50. The zero-order chi connectivity index (χ0) is 11.5. The van der Waals surface area contributed by atoms with E-state index in [1.165, 1.54) is 0 Å². The van der Waals surface area contributed by atoms with Crippen LogP contribution in [-0.2, 0) is 6.42 Å². The fourth-order valence-corrected chi connectivity index (χ4v) is 2.10. The van der Waals surface area contributed by atoms with E-state index in [0.717, 1.165) is 42.2 Å². The zero-order valence-corrected chi connectivity index (χ0v) is 10.0. The van der Waals surface area contributed by atoms with Gasteiger partial charge in [-0.25, -0.2) is 4.79 Å². The third-order valence-electron chi connectivity index (χ3n) is 2.71. The normalized spacial score (nSPS) is 13.8. The second-order valence-corrected chi connectivity index (χ2v) is 4.34. The van der Waals surface area contributed by atoms with Crippen molar-refractivity contribution in [2.45, 2.75) is 19.8 Å². The lowest BCUT2D eigenvalue weighted by molar-refractivity contribution is 0.247. The Kier molecular flexibility index (Phi) is 3.34. The van der Waals surface area contributed by atoms with Gasteiger partial charge in [-0.05, 0) is 36.6 Å². The number of amides is 2. The summed E-state index contributed by atoms with van der Waals surface area (Å²) in [5.41, 5.74) is 2.14. The smallest absolute Gasteiger partial charge is 0.321 e. The van der Waals surface area contributed by atoms with Gasteiger partial charge in [0.05, 0.1) is 0 Å². The van der Waals surface area contributed by atoms with Crippen molar-refractivity contribution in [3.63, 3.8) is 0 Å². The summed E-state index contributed by atoms with van der Waals surface area (Å²) in [7, 11) is 0. The highest BCUT2D eigenvalue weighted by atomic mass is 35.5. The highest BCUT2D eigenvalue weighted by Crippen LogP contribution is 2.30. The van der Waals surface area contributed by atoms with Crippen molar-refractivity contribution in [2.24, 2.45) is 0 Å². The van der Waals surface area contributed by atoms with Gasteiger partial charge in [-0.15, -0.1) is 0 Å². The van der Waals surface area contributed by atoms with Crippen LogP contribution in [0.5, 0.6) is 0 Å². The fourth-order valence-electron chi connectivity index (χ4n) is 1.91. The number of benzene rings is 1. The third kappa shape index (κ3) is 2.14. The lowest BCUT2D eigenvalue weighted by Crippen LogP contribution is -2.39. The summed E-state index contributed by atoms with van der Waals surface area (Å²) in [4.78, 5) is 13.6. The van der Waals surface area contributed by atoms with Crippen molar-refractivity contribution in [3.05, 3.63) is 28.8 Å². The Morgan fingerprint density at radius 1 is 1.56 bits per heavy atom. The number of hydrogen-bond acceptors (Lipinski definition) is 1. The molecule has 2 rings (SSSR count). The molecule has 0 atom stereocenters. The topological polar surface area (TPSA) is 32.3 Å². The average molecular weight is 239 g/mol. The van der Waals surface area contributed by atoms with Crippen LogP contribution in [0.4, 0.5) is 10.5 Å². The van der Waals surface area contributed by atoms with Crippen LogP contribution in [-0.4, -0.2) is 19.1 Å². The summed E-state index contributed by atoms with van der Waals surface area (Å²) >= 11 is 5.92. The predicted molar refractivity (Wildman–Crippen MR) is 66.2 cm³/mol. The van der Waals surface area contributed by atoms with Crippen LogP contribution >= 0.6 is 11.6 Å². The summed E-state index contributed by atoms with van der Waals surface area (Å²) < 4.78 is 0. The highest BCUT2D eigenvalue weighted by Gasteiger charge is 2.24. The molecular formula is C12H15ClN2O. The van der Waals surface area contributed by atoms with Gasteiger partial charge in [-0.3, -0.25) is 4.90 Å². The van der Waals surface area contributed by atoms with Crippen molar-refractivity contribution in [2.75, 3.05) is 18.0 Å². The second-order valence-electron chi connectivity index (χ2n) is 3.91. The molecule has 16 heavy (non-hydrogen) atoms. The van der Waals surface area contributed by atoms with Gasteiger partial charge >= 0.3 is 6.03 Å². The van der Waals surface area contributed by atoms with Crippen LogP contribution in [0.15, 0.2) is 18.2 Å². The Hall–Kier alpha value is -1.22. The van der Waals surface area contributed by atoms with Gasteiger partial charge in [0.2, 0.25) is 0 Å². The summed E-state index contributed by atoms with van der Waals surface area (Å²) in [6.07, 6.45) is 1.84. The minimum absolute atomic E-state index is 0.0112. The van der Waals surface area contributed by atoms with Crippen molar-refractivity contribution in [1.82, 2.24) is 5.32 Å². The largest absolute Gasteiger partial charge is 0.338 e. The number of halogens is 1. The lowest BCUT2D eigenvalue weighted by atomic mass is 10.2. The Balaban J connectivity index is 2.14. The summed E-state index contributed by atoms with van der Waals surface area (Å²) in [5.74, 6) is 0. The number of fused-ring (bicyclic) bond motifs is 1. The van der Waals surface area contributed by atoms with E-state index in [2.05, 4.69) is 5.32 Å². The van der Waals surface area contributed by atoms with Gasteiger partial charge < -0.3 is 5.32 Å². The molecule has 0 fully saturated rings. The molecule has 1 aliphatic rings. The molecule has 0 bridgehead atoms. The van der Waals surface area contributed by atoms with Crippen molar-refractivity contribution in [1.29, 1.82) is 0 Å². The Morgan fingerprint density at radius 3 is 3.12 bits per heavy atom. The van der Waals surface area contributed by atoms with Gasteiger partial charge in [0.25, 0.3) is 0 Å². The molecular weight excluding hydrogens is 224 g/mol. The average Bonchev–Trinajstić information content (AvgIpc) is 2.68. The van der Waals surface area contributed by atoms with Gasteiger partial charge in [0.15, 0.2) is 0 Å². The van der Waals surface area contributed by atoms with E-state index in [9.17, 15) is 4.79 Å². The first-order valence-corrected chi connectivity index (χ1v) is 5.94. The highest BCUT2D eigenvalue weighted by molar-refractivity contribution is 6.30. The van der Waals surface area contributed by atoms with Crippen molar-refractivity contribution >= 4 is 23.3 Å². The zero-order valence-electron chi connectivity index (χ0n) is 9.29. The van der Waals surface area contributed by atoms with Gasteiger partial charge in [-0.2, -0.15) is 0 Å². The molecule has 1 aromatic carbocycles.